The van der Waals surface area contributed by atoms with Crippen molar-refractivity contribution in [3.8, 4) is 0 Å². The number of rotatable bonds is 2. The van der Waals surface area contributed by atoms with Gasteiger partial charge >= 0.3 is 0 Å². The van der Waals surface area contributed by atoms with E-state index in [1.165, 1.54) is 38.6 Å². The van der Waals surface area contributed by atoms with E-state index in [1.54, 1.807) is 0 Å². The summed E-state index contributed by atoms with van der Waals surface area (Å²) in [6.07, 6.45) is 4.51. The highest BCUT2D eigenvalue weighted by Crippen LogP contribution is 2.33. The Morgan fingerprint density at radius 1 is 0.857 bits per heavy atom. The molecule has 0 spiro atoms. The molecule has 3 aromatic rings. The van der Waals surface area contributed by atoms with Crippen LogP contribution >= 0.6 is 0 Å². The monoisotopic (exact) mass is 270 g/mol. The summed E-state index contributed by atoms with van der Waals surface area (Å²) in [5.74, 6) is 0. The van der Waals surface area contributed by atoms with Crippen LogP contribution in [0.25, 0.3) is 16.8 Å². The smallest absolute Gasteiger partial charge is 0.00541 e. The zero-order chi connectivity index (χ0) is 14.2. The fourth-order valence-corrected chi connectivity index (χ4v) is 3.41. The molecule has 0 aliphatic heterocycles. The van der Waals surface area contributed by atoms with E-state index >= 15 is 0 Å². The van der Waals surface area contributed by atoms with Crippen molar-refractivity contribution in [2.24, 2.45) is 0 Å². The molecule has 0 atom stereocenters. The zero-order valence-corrected chi connectivity index (χ0v) is 12.3. The van der Waals surface area contributed by atoms with Crippen LogP contribution in [0.4, 0.5) is 0 Å². The number of allylic oxidation sites excluding steroid dienone is 1. The molecule has 1 aliphatic rings. The first-order valence-corrected chi connectivity index (χ1v) is 7.56. The molecule has 0 fully saturated rings. The van der Waals surface area contributed by atoms with Crippen molar-refractivity contribution in [2.75, 3.05) is 0 Å². The summed E-state index contributed by atoms with van der Waals surface area (Å²) in [6.45, 7) is 2.20. The van der Waals surface area contributed by atoms with Gasteiger partial charge in [0.15, 0.2) is 0 Å². The first-order chi connectivity index (χ1) is 10.3. The molecule has 3 aromatic carbocycles. The van der Waals surface area contributed by atoms with Crippen LogP contribution in [-0.2, 0) is 12.8 Å². The van der Waals surface area contributed by atoms with Crippen LogP contribution in [0.1, 0.15) is 22.3 Å². The van der Waals surface area contributed by atoms with Gasteiger partial charge in [0.25, 0.3) is 0 Å². The van der Waals surface area contributed by atoms with E-state index in [1.807, 2.05) is 0 Å². The predicted molar refractivity (Wildman–Crippen MR) is 90.5 cm³/mol. The lowest BCUT2D eigenvalue weighted by molar-refractivity contribution is 1.05. The average molecular weight is 270 g/mol. The molecule has 0 aromatic heterocycles. The number of hydrogen-bond acceptors (Lipinski definition) is 0. The minimum absolute atomic E-state index is 1.05. The van der Waals surface area contributed by atoms with Crippen molar-refractivity contribution in [2.45, 2.75) is 19.8 Å². The van der Waals surface area contributed by atoms with E-state index in [-0.39, 0.29) is 0 Å². The van der Waals surface area contributed by atoms with Gasteiger partial charge in [0.1, 0.15) is 0 Å². The summed E-state index contributed by atoms with van der Waals surface area (Å²) in [5.41, 5.74) is 7.12. The Morgan fingerprint density at radius 2 is 1.71 bits per heavy atom. The fourth-order valence-electron chi connectivity index (χ4n) is 3.41. The quantitative estimate of drug-likeness (QED) is 0.590. The molecule has 102 valence electrons. The summed E-state index contributed by atoms with van der Waals surface area (Å²) >= 11 is 0. The zero-order valence-electron chi connectivity index (χ0n) is 12.3. The molecule has 1 aliphatic carbocycles. The van der Waals surface area contributed by atoms with Gasteiger partial charge in [0.2, 0.25) is 0 Å². The molecule has 0 amide bonds. The van der Waals surface area contributed by atoms with E-state index in [0.717, 1.165) is 12.8 Å². The molecule has 0 bridgehead atoms. The van der Waals surface area contributed by atoms with Crippen LogP contribution in [0.5, 0.6) is 0 Å². The topological polar surface area (TPSA) is 0 Å². The first kappa shape index (κ1) is 12.4. The summed E-state index contributed by atoms with van der Waals surface area (Å²) in [7, 11) is 0. The standard InChI is InChI=1S/C21H18/c1-15-10-11-19-14-17(12-16-6-3-2-4-7-16)13-18-8-5-9-20(15)21(18)19/h2-11,14H,12-13H2,1H3. The van der Waals surface area contributed by atoms with Crippen LogP contribution in [-0.4, -0.2) is 0 Å². The molecule has 0 saturated carbocycles. The highest BCUT2D eigenvalue weighted by Gasteiger charge is 2.14. The van der Waals surface area contributed by atoms with Gasteiger partial charge in [-0.3, -0.25) is 0 Å². The third-order valence-electron chi connectivity index (χ3n) is 4.43. The van der Waals surface area contributed by atoms with Gasteiger partial charge in [-0.05, 0) is 52.8 Å². The minimum Gasteiger partial charge on any atom is -0.0622 e. The van der Waals surface area contributed by atoms with Gasteiger partial charge in [-0.15, -0.1) is 0 Å². The van der Waals surface area contributed by atoms with Crippen molar-refractivity contribution in [3.05, 3.63) is 88.5 Å². The lowest BCUT2D eigenvalue weighted by Crippen LogP contribution is -2.02. The first-order valence-electron chi connectivity index (χ1n) is 7.56. The van der Waals surface area contributed by atoms with Crippen molar-refractivity contribution in [1.29, 1.82) is 0 Å². The predicted octanol–water partition coefficient (Wildman–Crippen LogP) is 5.33. The van der Waals surface area contributed by atoms with Crippen molar-refractivity contribution in [1.82, 2.24) is 0 Å². The Bertz CT molecular complexity index is 839. The molecule has 4 rings (SSSR count). The molecule has 21 heavy (non-hydrogen) atoms. The van der Waals surface area contributed by atoms with Gasteiger partial charge in [-0.2, -0.15) is 0 Å². The maximum atomic E-state index is 2.39. The van der Waals surface area contributed by atoms with E-state index in [2.05, 4.69) is 73.7 Å². The number of hydrogen-bond donors (Lipinski definition) is 0. The van der Waals surface area contributed by atoms with Crippen LogP contribution < -0.4 is 0 Å². The fraction of sp³-hybridized carbons (Fsp3) is 0.143. The summed E-state index contributed by atoms with van der Waals surface area (Å²) in [6, 6.07) is 22.0. The number of aryl methyl sites for hydroxylation is 1. The van der Waals surface area contributed by atoms with Gasteiger partial charge in [-0.25, -0.2) is 0 Å². The molecular weight excluding hydrogens is 252 g/mol. The second-order valence-electron chi connectivity index (χ2n) is 5.95. The van der Waals surface area contributed by atoms with Crippen molar-refractivity contribution in [3.63, 3.8) is 0 Å². The lowest BCUT2D eigenvalue weighted by atomic mass is 9.85. The van der Waals surface area contributed by atoms with Crippen molar-refractivity contribution < 1.29 is 0 Å². The number of benzene rings is 3. The normalized spacial score (nSPS) is 13.3. The largest absolute Gasteiger partial charge is 0.0622 e. The summed E-state index contributed by atoms with van der Waals surface area (Å²) in [4.78, 5) is 0. The van der Waals surface area contributed by atoms with E-state index in [4.69, 9.17) is 0 Å². The second kappa shape index (κ2) is 4.89. The highest BCUT2D eigenvalue weighted by atomic mass is 14.2. The molecule has 0 N–H and O–H groups in total. The summed E-state index contributed by atoms with van der Waals surface area (Å²) in [5, 5.41) is 2.86. The lowest BCUT2D eigenvalue weighted by Gasteiger charge is -2.19. The van der Waals surface area contributed by atoms with Crippen LogP contribution in [0.2, 0.25) is 0 Å². The highest BCUT2D eigenvalue weighted by molar-refractivity contribution is 5.97. The Hall–Kier alpha value is -2.34. The SMILES string of the molecule is Cc1ccc2c3c(cccc13)CC(Cc1ccccc1)=C2. The summed E-state index contributed by atoms with van der Waals surface area (Å²) < 4.78 is 0. The van der Waals surface area contributed by atoms with Crippen molar-refractivity contribution >= 4 is 16.8 Å². The van der Waals surface area contributed by atoms with E-state index in [9.17, 15) is 0 Å². The van der Waals surface area contributed by atoms with E-state index in [0.29, 0.717) is 0 Å². The molecule has 0 radical (unpaired) electrons. The molecule has 0 nitrogen and oxygen atoms in total. The van der Waals surface area contributed by atoms with E-state index < -0.39 is 0 Å². The Labute approximate surface area is 125 Å². The van der Waals surface area contributed by atoms with Gasteiger partial charge in [0.05, 0.1) is 0 Å². The third kappa shape index (κ3) is 2.17. The third-order valence-corrected chi connectivity index (χ3v) is 4.43. The molecule has 0 heterocycles. The van der Waals surface area contributed by atoms with Crippen LogP contribution in [0.15, 0.2) is 66.2 Å². The molecule has 0 heteroatoms. The van der Waals surface area contributed by atoms with Crippen LogP contribution in [0, 0.1) is 6.92 Å². The minimum atomic E-state index is 1.05. The Kier molecular flexibility index (Phi) is 2.89. The van der Waals surface area contributed by atoms with Gasteiger partial charge in [-0.1, -0.05) is 72.3 Å². The Balaban J connectivity index is 1.81. The second-order valence-corrected chi connectivity index (χ2v) is 5.95. The Morgan fingerprint density at radius 3 is 2.57 bits per heavy atom. The average Bonchev–Trinajstić information content (AvgIpc) is 2.52. The maximum absolute atomic E-state index is 2.39. The molecular formula is C21H18. The maximum Gasteiger partial charge on any atom is -0.00541 e. The van der Waals surface area contributed by atoms with Crippen LogP contribution in [0.3, 0.4) is 0 Å². The molecule has 0 unspecified atom stereocenters. The molecule has 0 saturated heterocycles. The van der Waals surface area contributed by atoms with Gasteiger partial charge < -0.3 is 0 Å². The van der Waals surface area contributed by atoms with Gasteiger partial charge in [0, 0.05) is 0 Å².